The van der Waals surface area contributed by atoms with Crippen LogP contribution < -0.4 is 5.73 Å². The molecule has 1 aliphatic carbocycles. The van der Waals surface area contributed by atoms with E-state index < -0.39 is 10.0 Å². The summed E-state index contributed by atoms with van der Waals surface area (Å²) < 4.78 is 32.4. The molecule has 1 fully saturated rings. The van der Waals surface area contributed by atoms with Gasteiger partial charge in [0.25, 0.3) is 0 Å². The van der Waals surface area contributed by atoms with Crippen LogP contribution in [0.1, 0.15) is 44.1 Å². The van der Waals surface area contributed by atoms with Crippen LogP contribution in [-0.4, -0.2) is 44.2 Å². The van der Waals surface area contributed by atoms with Gasteiger partial charge in [-0.15, -0.1) is 0 Å². The third-order valence-corrected chi connectivity index (χ3v) is 7.08. The Bertz CT molecular complexity index is 584. The highest BCUT2D eigenvalue weighted by Crippen LogP contribution is 2.33. The first-order chi connectivity index (χ1) is 11.5. The molecule has 0 aromatic heterocycles. The van der Waals surface area contributed by atoms with Gasteiger partial charge in [-0.3, -0.25) is 0 Å². The summed E-state index contributed by atoms with van der Waals surface area (Å²) in [7, 11) is -1.61. The molecule has 136 valence electrons. The minimum atomic E-state index is -3.30. The molecule has 0 aliphatic heterocycles. The Kier molecular flexibility index (Phi) is 7.22. The monoisotopic (exact) mass is 354 g/mol. The van der Waals surface area contributed by atoms with Crippen molar-refractivity contribution in [3.8, 4) is 0 Å². The summed E-state index contributed by atoms with van der Waals surface area (Å²) in [6.07, 6.45) is 5.51. The standard InChI is InChI=1S/C18H30N2O3S/c1-20(18(16-19)11-6-3-7-12-18)24(21,22)14-8-13-23-15-17-9-4-2-5-10-17/h2,4-5,9-10H,3,6-8,11-16,19H2,1H3. The SMILES string of the molecule is CN(C1(CN)CCCCC1)S(=O)(=O)CCCOCc1ccccc1. The summed E-state index contributed by atoms with van der Waals surface area (Å²) in [6, 6.07) is 9.89. The topological polar surface area (TPSA) is 72.6 Å². The minimum absolute atomic E-state index is 0.111. The summed E-state index contributed by atoms with van der Waals surface area (Å²) in [4.78, 5) is 0. The van der Waals surface area contributed by atoms with E-state index >= 15 is 0 Å². The average Bonchev–Trinajstić information content (AvgIpc) is 2.62. The second-order valence-electron chi connectivity index (χ2n) is 6.66. The van der Waals surface area contributed by atoms with E-state index in [9.17, 15) is 8.42 Å². The second-order valence-corrected chi connectivity index (χ2v) is 8.78. The zero-order valence-electron chi connectivity index (χ0n) is 14.6. The maximum atomic E-state index is 12.6. The molecule has 0 amide bonds. The molecule has 24 heavy (non-hydrogen) atoms. The number of nitrogens with zero attached hydrogens (tertiary/aromatic N) is 1. The summed E-state index contributed by atoms with van der Waals surface area (Å²) in [5.41, 5.74) is 6.66. The van der Waals surface area contributed by atoms with Gasteiger partial charge in [-0.2, -0.15) is 4.31 Å². The maximum absolute atomic E-state index is 12.6. The van der Waals surface area contributed by atoms with Crippen LogP contribution in [0.25, 0.3) is 0 Å². The predicted octanol–water partition coefficient (Wildman–Crippen LogP) is 2.52. The van der Waals surface area contributed by atoms with Crippen LogP contribution in [0.2, 0.25) is 0 Å². The summed E-state index contributed by atoms with van der Waals surface area (Å²) in [6.45, 7) is 1.36. The fourth-order valence-corrected chi connectivity index (χ4v) is 5.00. The molecule has 0 spiro atoms. The number of sulfonamides is 1. The molecule has 0 bridgehead atoms. The molecule has 6 heteroatoms. The molecule has 1 aliphatic rings. The normalized spacial score (nSPS) is 18.0. The molecule has 1 aromatic rings. The van der Waals surface area contributed by atoms with Crippen molar-refractivity contribution in [1.82, 2.24) is 4.31 Å². The van der Waals surface area contributed by atoms with Crippen molar-refractivity contribution in [1.29, 1.82) is 0 Å². The molecular weight excluding hydrogens is 324 g/mol. The number of hydrogen-bond donors (Lipinski definition) is 1. The van der Waals surface area contributed by atoms with Gasteiger partial charge in [-0.1, -0.05) is 49.6 Å². The largest absolute Gasteiger partial charge is 0.377 e. The van der Waals surface area contributed by atoms with Gasteiger partial charge in [0.15, 0.2) is 0 Å². The van der Waals surface area contributed by atoms with E-state index in [2.05, 4.69) is 0 Å². The van der Waals surface area contributed by atoms with Gasteiger partial charge in [0.1, 0.15) is 0 Å². The van der Waals surface area contributed by atoms with Crippen LogP contribution in [0.3, 0.4) is 0 Å². The Hall–Kier alpha value is -0.950. The molecule has 0 atom stereocenters. The first kappa shape index (κ1) is 19.4. The van der Waals surface area contributed by atoms with E-state index in [1.807, 2.05) is 30.3 Å². The Labute approximate surface area is 146 Å². The van der Waals surface area contributed by atoms with E-state index in [0.717, 1.165) is 31.2 Å². The number of rotatable bonds is 9. The summed E-state index contributed by atoms with van der Waals surface area (Å²) in [5, 5.41) is 0. The molecule has 0 heterocycles. The lowest BCUT2D eigenvalue weighted by Gasteiger charge is -2.43. The lowest BCUT2D eigenvalue weighted by Crippen LogP contribution is -2.55. The highest BCUT2D eigenvalue weighted by atomic mass is 32.2. The highest BCUT2D eigenvalue weighted by Gasteiger charge is 2.40. The number of hydrogen-bond acceptors (Lipinski definition) is 4. The molecular formula is C18H30N2O3S. The molecule has 2 rings (SSSR count). The third kappa shape index (κ3) is 5.02. The Morgan fingerprint density at radius 2 is 1.83 bits per heavy atom. The van der Waals surface area contributed by atoms with Crippen molar-refractivity contribution in [2.75, 3.05) is 26.0 Å². The summed E-state index contributed by atoms with van der Waals surface area (Å²) in [5.74, 6) is 0.111. The Morgan fingerprint density at radius 1 is 1.17 bits per heavy atom. The predicted molar refractivity (Wildman–Crippen MR) is 97.1 cm³/mol. The zero-order valence-corrected chi connectivity index (χ0v) is 15.4. The van der Waals surface area contributed by atoms with Crippen LogP contribution in [0, 0.1) is 0 Å². The lowest BCUT2D eigenvalue weighted by atomic mass is 9.82. The number of ether oxygens (including phenoxy) is 1. The van der Waals surface area contributed by atoms with Gasteiger partial charge >= 0.3 is 0 Å². The van der Waals surface area contributed by atoms with Crippen molar-refractivity contribution >= 4 is 10.0 Å². The first-order valence-corrected chi connectivity index (χ1v) is 10.4. The van der Waals surface area contributed by atoms with Crippen molar-refractivity contribution in [3.63, 3.8) is 0 Å². The van der Waals surface area contributed by atoms with Crippen molar-refractivity contribution in [2.24, 2.45) is 5.73 Å². The molecule has 1 saturated carbocycles. The van der Waals surface area contributed by atoms with Crippen LogP contribution >= 0.6 is 0 Å². The van der Waals surface area contributed by atoms with Crippen LogP contribution in [0.15, 0.2) is 30.3 Å². The minimum Gasteiger partial charge on any atom is -0.377 e. The van der Waals surface area contributed by atoms with Crippen LogP contribution in [0.5, 0.6) is 0 Å². The van der Waals surface area contributed by atoms with Crippen LogP contribution in [-0.2, 0) is 21.4 Å². The molecule has 0 radical (unpaired) electrons. The maximum Gasteiger partial charge on any atom is 0.214 e. The van der Waals surface area contributed by atoms with E-state index in [0.29, 0.717) is 26.2 Å². The Balaban J connectivity index is 1.79. The average molecular weight is 355 g/mol. The van der Waals surface area contributed by atoms with E-state index in [4.69, 9.17) is 10.5 Å². The molecule has 0 unspecified atom stereocenters. The Morgan fingerprint density at radius 3 is 2.46 bits per heavy atom. The first-order valence-electron chi connectivity index (χ1n) is 8.79. The smallest absolute Gasteiger partial charge is 0.214 e. The fourth-order valence-electron chi connectivity index (χ4n) is 3.40. The van der Waals surface area contributed by atoms with Gasteiger partial charge < -0.3 is 10.5 Å². The molecule has 2 N–H and O–H groups in total. The van der Waals surface area contributed by atoms with Crippen LogP contribution in [0.4, 0.5) is 0 Å². The van der Waals surface area contributed by atoms with Gasteiger partial charge in [0.2, 0.25) is 10.0 Å². The van der Waals surface area contributed by atoms with E-state index in [1.54, 1.807) is 11.4 Å². The quantitative estimate of drug-likeness (QED) is 0.692. The van der Waals surface area contributed by atoms with Crippen molar-refractivity contribution < 1.29 is 13.2 Å². The highest BCUT2D eigenvalue weighted by molar-refractivity contribution is 7.89. The van der Waals surface area contributed by atoms with Gasteiger partial charge in [0.05, 0.1) is 12.4 Å². The molecule has 0 saturated heterocycles. The summed E-state index contributed by atoms with van der Waals surface area (Å²) >= 11 is 0. The zero-order chi connectivity index (χ0) is 17.5. The fraction of sp³-hybridized carbons (Fsp3) is 0.667. The molecule has 5 nitrogen and oxygen atoms in total. The lowest BCUT2D eigenvalue weighted by molar-refractivity contribution is 0.120. The second kappa shape index (κ2) is 8.94. The third-order valence-electron chi connectivity index (χ3n) is 5.05. The number of nitrogens with two attached hydrogens (primary N) is 1. The molecule has 1 aromatic carbocycles. The van der Waals surface area contributed by atoms with E-state index in [1.165, 1.54) is 6.42 Å². The number of benzene rings is 1. The van der Waals surface area contributed by atoms with Crippen molar-refractivity contribution in [2.45, 2.75) is 50.7 Å². The van der Waals surface area contributed by atoms with E-state index in [-0.39, 0.29) is 11.3 Å². The van der Waals surface area contributed by atoms with Gasteiger partial charge in [0, 0.05) is 25.7 Å². The van der Waals surface area contributed by atoms with Gasteiger partial charge in [-0.25, -0.2) is 8.42 Å². The van der Waals surface area contributed by atoms with Crippen molar-refractivity contribution in [3.05, 3.63) is 35.9 Å². The number of likely N-dealkylation sites (N-methyl/N-ethyl adjacent to an activating group) is 1. The van der Waals surface area contributed by atoms with Gasteiger partial charge in [-0.05, 0) is 24.8 Å².